The minimum absolute atomic E-state index is 0.0848. The largest absolute Gasteiger partial charge is 0.396 e. The molecule has 1 heterocycles. The Morgan fingerprint density at radius 2 is 2.14 bits per heavy atom. The van der Waals surface area contributed by atoms with Gasteiger partial charge in [-0.1, -0.05) is 19.1 Å². The van der Waals surface area contributed by atoms with Crippen LogP contribution in [0.3, 0.4) is 0 Å². The van der Waals surface area contributed by atoms with Crippen LogP contribution in [-0.4, -0.2) is 42.3 Å². The zero-order chi connectivity index (χ0) is 15.2. The second-order valence-electron chi connectivity index (χ2n) is 5.61. The number of urea groups is 1. The van der Waals surface area contributed by atoms with Gasteiger partial charge in [-0.2, -0.15) is 0 Å². The number of aliphatic hydroxyl groups is 1. The van der Waals surface area contributed by atoms with Crippen molar-refractivity contribution in [3.05, 3.63) is 29.8 Å². The Morgan fingerprint density at radius 1 is 1.43 bits per heavy atom. The van der Waals surface area contributed by atoms with Crippen molar-refractivity contribution in [3.63, 3.8) is 0 Å². The first-order valence-electron chi connectivity index (χ1n) is 7.64. The summed E-state index contributed by atoms with van der Waals surface area (Å²) in [6, 6.07) is 8.15. The molecule has 2 atom stereocenters. The van der Waals surface area contributed by atoms with E-state index in [1.807, 2.05) is 24.3 Å². The summed E-state index contributed by atoms with van der Waals surface area (Å²) in [4.78, 5) is 13.9. The molecule has 2 unspecified atom stereocenters. The highest BCUT2D eigenvalue weighted by Crippen LogP contribution is 2.19. The van der Waals surface area contributed by atoms with Crippen LogP contribution < -0.4 is 10.6 Å². The predicted octanol–water partition coefficient (Wildman–Crippen LogP) is 2.20. The molecule has 0 aromatic heterocycles. The quantitative estimate of drug-likeness (QED) is 0.779. The molecule has 0 spiro atoms. The lowest BCUT2D eigenvalue weighted by molar-refractivity contribution is 0.209. The minimum Gasteiger partial charge on any atom is -0.396 e. The van der Waals surface area contributed by atoms with Crippen LogP contribution >= 0.6 is 0 Å². The Balaban J connectivity index is 1.90. The van der Waals surface area contributed by atoms with Gasteiger partial charge in [0.15, 0.2) is 0 Å². The number of carbonyl (C=O) groups excluding carboxylic acids is 1. The molecule has 116 valence electrons. The van der Waals surface area contributed by atoms with Crippen molar-refractivity contribution < 1.29 is 9.90 Å². The Kier molecular flexibility index (Phi) is 5.59. The van der Waals surface area contributed by atoms with E-state index in [0.29, 0.717) is 19.1 Å². The van der Waals surface area contributed by atoms with Crippen LogP contribution in [0.5, 0.6) is 0 Å². The number of hydrogen-bond acceptors (Lipinski definition) is 3. The number of rotatable bonds is 5. The summed E-state index contributed by atoms with van der Waals surface area (Å²) < 4.78 is 0. The number of nitrogens with one attached hydrogen (secondary N) is 2. The Hall–Kier alpha value is -1.59. The number of amides is 2. The molecule has 3 N–H and O–H groups in total. The minimum atomic E-state index is -0.0848. The van der Waals surface area contributed by atoms with Crippen LogP contribution in [-0.2, 0) is 0 Å². The van der Waals surface area contributed by atoms with E-state index >= 15 is 0 Å². The van der Waals surface area contributed by atoms with Gasteiger partial charge in [-0.05, 0) is 37.6 Å². The van der Waals surface area contributed by atoms with Crippen LogP contribution in [0, 0.1) is 5.92 Å². The van der Waals surface area contributed by atoms with E-state index in [-0.39, 0.29) is 18.6 Å². The number of hydrogen-bond donors (Lipinski definition) is 3. The van der Waals surface area contributed by atoms with Crippen LogP contribution in [0.15, 0.2) is 24.3 Å². The molecule has 0 saturated carbocycles. The van der Waals surface area contributed by atoms with Crippen LogP contribution in [0.2, 0.25) is 0 Å². The number of likely N-dealkylation sites (tertiary alicyclic amines) is 1. The molecule has 1 aromatic carbocycles. The SMILES string of the molecule is CCNC(C)c1ccc(NC(=O)N2CCC(CO)C2)cc1. The van der Waals surface area contributed by atoms with Gasteiger partial charge in [0.2, 0.25) is 0 Å². The summed E-state index contributed by atoms with van der Waals surface area (Å²) in [7, 11) is 0. The highest BCUT2D eigenvalue weighted by atomic mass is 16.3. The molecule has 1 aliphatic rings. The Labute approximate surface area is 126 Å². The van der Waals surface area contributed by atoms with Crippen molar-refractivity contribution in [1.29, 1.82) is 0 Å². The van der Waals surface area contributed by atoms with E-state index in [2.05, 4.69) is 24.5 Å². The topological polar surface area (TPSA) is 64.6 Å². The van der Waals surface area contributed by atoms with Gasteiger partial charge < -0.3 is 20.6 Å². The normalized spacial score (nSPS) is 19.6. The molecule has 1 fully saturated rings. The number of anilines is 1. The van der Waals surface area contributed by atoms with Crippen molar-refractivity contribution in [1.82, 2.24) is 10.2 Å². The van der Waals surface area contributed by atoms with Crippen molar-refractivity contribution in [2.24, 2.45) is 5.92 Å². The number of aliphatic hydroxyl groups excluding tert-OH is 1. The van der Waals surface area contributed by atoms with Crippen molar-refractivity contribution >= 4 is 11.7 Å². The first-order chi connectivity index (χ1) is 10.1. The van der Waals surface area contributed by atoms with Gasteiger partial charge in [0, 0.05) is 37.3 Å². The van der Waals surface area contributed by atoms with E-state index in [4.69, 9.17) is 5.11 Å². The molecule has 5 nitrogen and oxygen atoms in total. The first-order valence-corrected chi connectivity index (χ1v) is 7.64. The average molecular weight is 291 g/mol. The smallest absolute Gasteiger partial charge is 0.321 e. The zero-order valence-corrected chi connectivity index (χ0v) is 12.8. The summed E-state index contributed by atoms with van der Waals surface area (Å²) in [6.07, 6.45) is 0.878. The third kappa shape index (κ3) is 4.19. The summed E-state index contributed by atoms with van der Waals surface area (Å²) in [6.45, 7) is 6.64. The Bertz CT molecular complexity index is 461. The lowest BCUT2D eigenvalue weighted by Gasteiger charge is -2.18. The average Bonchev–Trinajstić information content (AvgIpc) is 2.97. The number of carbonyl (C=O) groups is 1. The zero-order valence-electron chi connectivity index (χ0n) is 12.8. The van der Waals surface area contributed by atoms with E-state index in [1.165, 1.54) is 5.56 Å². The molecule has 0 aliphatic carbocycles. The third-order valence-electron chi connectivity index (χ3n) is 4.00. The molecule has 5 heteroatoms. The monoisotopic (exact) mass is 291 g/mol. The summed E-state index contributed by atoms with van der Waals surface area (Å²) in [5.41, 5.74) is 2.01. The van der Waals surface area contributed by atoms with Crippen LogP contribution in [0.4, 0.5) is 10.5 Å². The standard InChI is InChI=1S/C16H25N3O2/c1-3-17-12(2)14-4-6-15(7-5-14)18-16(21)19-9-8-13(10-19)11-20/h4-7,12-13,17,20H,3,8-11H2,1-2H3,(H,18,21). The highest BCUT2D eigenvalue weighted by Gasteiger charge is 2.25. The van der Waals surface area contributed by atoms with Gasteiger partial charge in [0.1, 0.15) is 0 Å². The Morgan fingerprint density at radius 3 is 2.71 bits per heavy atom. The predicted molar refractivity (Wildman–Crippen MR) is 84.3 cm³/mol. The molecule has 0 bridgehead atoms. The lowest BCUT2D eigenvalue weighted by Crippen LogP contribution is -2.33. The third-order valence-corrected chi connectivity index (χ3v) is 4.00. The number of benzene rings is 1. The van der Waals surface area contributed by atoms with Gasteiger partial charge in [0.05, 0.1) is 0 Å². The van der Waals surface area contributed by atoms with Gasteiger partial charge >= 0.3 is 6.03 Å². The van der Waals surface area contributed by atoms with Crippen molar-refractivity contribution in [2.75, 3.05) is 31.6 Å². The second-order valence-corrected chi connectivity index (χ2v) is 5.61. The van der Waals surface area contributed by atoms with E-state index in [9.17, 15) is 4.79 Å². The first kappa shape index (κ1) is 15.8. The maximum atomic E-state index is 12.1. The lowest BCUT2D eigenvalue weighted by atomic mass is 10.1. The fourth-order valence-electron chi connectivity index (χ4n) is 2.65. The summed E-state index contributed by atoms with van der Waals surface area (Å²) in [5, 5.41) is 15.4. The maximum Gasteiger partial charge on any atom is 0.321 e. The maximum absolute atomic E-state index is 12.1. The van der Waals surface area contributed by atoms with Crippen LogP contribution in [0.1, 0.15) is 31.9 Å². The fourth-order valence-corrected chi connectivity index (χ4v) is 2.65. The molecule has 1 aliphatic heterocycles. The molecule has 0 radical (unpaired) electrons. The molecule has 21 heavy (non-hydrogen) atoms. The number of nitrogens with zero attached hydrogens (tertiary/aromatic N) is 1. The van der Waals surface area contributed by atoms with E-state index in [1.54, 1.807) is 4.90 Å². The molecule has 1 aromatic rings. The highest BCUT2D eigenvalue weighted by molar-refractivity contribution is 5.89. The van der Waals surface area contributed by atoms with Gasteiger partial charge in [-0.25, -0.2) is 4.79 Å². The van der Waals surface area contributed by atoms with E-state index in [0.717, 1.165) is 18.7 Å². The van der Waals surface area contributed by atoms with Gasteiger partial charge in [-0.15, -0.1) is 0 Å². The van der Waals surface area contributed by atoms with E-state index < -0.39 is 0 Å². The summed E-state index contributed by atoms with van der Waals surface area (Å²) in [5.74, 6) is 0.221. The fraction of sp³-hybridized carbons (Fsp3) is 0.562. The van der Waals surface area contributed by atoms with Crippen molar-refractivity contribution in [3.8, 4) is 0 Å². The molecular weight excluding hydrogens is 266 g/mol. The molecule has 2 amide bonds. The second kappa shape index (κ2) is 7.43. The van der Waals surface area contributed by atoms with Crippen LogP contribution in [0.25, 0.3) is 0 Å². The molecular formula is C16H25N3O2. The van der Waals surface area contributed by atoms with Gasteiger partial charge in [-0.3, -0.25) is 0 Å². The summed E-state index contributed by atoms with van der Waals surface area (Å²) >= 11 is 0. The van der Waals surface area contributed by atoms with Crippen molar-refractivity contribution in [2.45, 2.75) is 26.3 Å². The van der Waals surface area contributed by atoms with Gasteiger partial charge in [0.25, 0.3) is 0 Å². The molecule has 2 rings (SSSR count). The molecule has 1 saturated heterocycles.